The van der Waals surface area contributed by atoms with Crippen molar-refractivity contribution >= 4 is 5.91 Å². The van der Waals surface area contributed by atoms with E-state index < -0.39 is 0 Å². The third-order valence-electron chi connectivity index (χ3n) is 2.90. The van der Waals surface area contributed by atoms with E-state index in [1.54, 1.807) is 12.5 Å². The minimum Gasteiger partial charge on any atom is -0.354 e. The summed E-state index contributed by atoms with van der Waals surface area (Å²) in [6, 6.07) is 0. The largest absolute Gasteiger partial charge is 0.354 e. The van der Waals surface area contributed by atoms with Crippen molar-refractivity contribution in [1.29, 1.82) is 0 Å². The summed E-state index contributed by atoms with van der Waals surface area (Å²) in [5.41, 5.74) is 0. The highest BCUT2D eigenvalue weighted by atomic mass is 16.1. The number of nitrogens with one attached hydrogen (secondary N) is 2. The lowest BCUT2D eigenvalue weighted by Crippen LogP contribution is -2.41. The highest BCUT2D eigenvalue weighted by Gasteiger charge is 2.19. The lowest BCUT2D eigenvalue weighted by atomic mass is 9.99. The maximum absolute atomic E-state index is 11.8. The van der Waals surface area contributed by atoms with Crippen molar-refractivity contribution < 1.29 is 4.79 Å². The number of piperidine rings is 1. The van der Waals surface area contributed by atoms with Crippen LogP contribution in [0.5, 0.6) is 0 Å². The Morgan fingerprint density at radius 1 is 1.62 bits per heavy atom. The van der Waals surface area contributed by atoms with E-state index in [9.17, 15) is 4.79 Å². The molecule has 16 heavy (non-hydrogen) atoms. The topological polar surface area (TPSA) is 59.0 Å². The van der Waals surface area contributed by atoms with Crippen LogP contribution < -0.4 is 10.6 Å². The SMILES string of the molecule is O=C(NCCn1ccnc1)C1CCCNC1. The lowest BCUT2D eigenvalue weighted by Gasteiger charge is -2.21. The predicted octanol–water partition coefficient (Wildman–Crippen LogP) is -0.00110. The van der Waals surface area contributed by atoms with Gasteiger partial charge in [0.2, 0.25) is 5.91 Å². The van der Waals surface area contributed by atoms with Gasteiger partial charge in [0.1, 0.15) is 0 Å². The van der Waals surface area contributed by atoms with Gasteiger partial charge in [-0.1, -0.05) is 0 Å². The van der Waals surface area contributed by atoms with Crippen molar-refractivity contribution in [3.63, 3.8) is 0 Å². The normalized spacial score (nSPS) is 20.6. The molecule has 1 unspecified atom stereocenters. The zero-order valence-electron chi connectivity index (χ0n) is 9.35. The number of hydrogen-bond acceptors (Lipinski definition) is 3. The van der Waals surface area contributed by atoms with Crippen LogP contribution in [0.3, 0.4) is 0 Å². The maximum Gasteiger partial charge on any atom is 0.224 e. The molecule has 1 aliphatic heterocycles. The fourth-order valence-electron chi connectivity index (χ4n) is 1.95. The number of amides is 1. The highest BCUT2D eigenvalue weighted by Crippen LogP contribution is 2.09. The zero-order chi connectivity index (χ0) is 11.2. The van der Waals surface area contributed by atoms with Gasteiger partial charge in [0.25, 0.3) is 0 Å². The summed E-state index contributed by atoms with van der Waals surface area (Å²) < 4.78 is 1.96. The summed E-state index contributed by atoms with van der Waals surface area (Å²) >= 11 is 0. The molecule has 0 spiro atoms. The van der Waals surface area contributed by atoms with Crippen LogP contribution in [-0.2, 0) is 11.3 Å². The van der Waals surface area contributed by atoms with Crippen LogP contribution in [0.4, 0.5) is 0 Å². The summed E-state index contributed by atoms with van der Waals surface area (Å²) in [6.07, 6.45) is 7.50. The minimum absolute atomic E-state index is 0.150. The molecule has 2 N–H and O–H groups in total. The number of carbonyl (C=O) groups is 1. The molecule has 0 bridgehead atoms. The minimum atomic E-state index is 0.150. The summed E-state index contributed by atoms with van der Waals surface area (Å²) in [5, 5.41) is 6.21. The predicted molar refractivity (Wildman–Crippen MR) is 60.8 cm³/mol. The standard InChI is InChI=1S/C11H18N4O/c16-11(10-2-1-3-12-8-10)14-5-7-15-6-4-13-9-15/h4,6,9-10,12H,1-3,5,7-8H2,(H,14,16). The maximum atomic E-state index is 11.8. The van der Waals surface area contributed by atoms with E-state index in [0.717, 1.165) is 32.5 Å². The molecule has 1 amide bonds. The molecule has 1 saturated heterocycles. The third kappa shape index (κ3) is 3.06. The van der Waals surface area contributed by atoms with Crippen LogP contribution in [-0.4, -0.2) is 35.1 Å². The van der Waals surface area contributed by atoms with Crippen LogP contribution in [0.25, 0.3) is 0 Å². The van der Waals surface area contributed by atoms with Gasteiger partial charge in [-0.25, -0.2) is 4.98 Å². The average Bonchev–Trinajstić information content (AvgIpc) is 2.83. The van der Waals surface area contributed by atoms with Gasteiger partial charge >= 0.3 is 0 Å². The van der Waals surface area contributed by atoms with E-state index in [1.165, 1.54) is 0 Å². The van der Waals surface area contributed by atoms with E-state index in [4.69, 9.17) is 0 Å². The van der Waals surface area contributed by atoms with Crippen LogP contribution in [0.15, 0.2) is 18.7 Å². The molecule has 0 radical (unpaired) electrons. The first-order valence-corrected chi connectivity index (χ1v) is 5.80. The Morgan fingerprint density at radius 2 is 2.56 bits per heavy atom. The summed E-state index contributed by atoms with van der Waals surface area (Å²) in [5.74, 6) is 0.323. The van der Waals surface area contributed by atoms with E-state index in [2.05, 4.69) is 15.6 Å². The molecular formula is C11H18N4O. The molecule has 1 aromatic heterocycles. The van der Waals surface area contributed by atoms with Crippen LogP contribution in [0, 0.1) is 5.92 Å². The highest BCUT2D eigenvalue weighted by molar-refractivity contribution is 5.78. The Hall–Kier alpha value is -1.36. The fraction of sp³-hybridized carbons (Fsp3) is 0.636. The number of nitrogens with zero attached hydrogens (tertiary/aromatic N) is 2. The Labute approximate surface area is 95.2 Å². The molecule has 0 saturated carbocycles. The van der Waals surface area contributed by atoms with Gasteiger partial charge in [-0.15, -0.1) is 0 Å². The average molecular weight is 222 g/mol. The smallest absolute Gasteiger partial charge is 0.224 e. The molecule has 5 nitrogen and oxygen atoms in total. The first-order valence-electron chi connectivity index (χ1n) is 5.80. The van der Waals surface area contributed by atoms with Crippen molar-refractivity contribution in [2.24, 2.45) is 5.92 Å². The molecule has 0 aliphatic carbocycles. The van der Waals surface area contributed by atoms with Crippen LogP contribution in [0.2, 0.25) is 0 Å². The molecule has 1 atom stereocenters. The van der Waals surface area contributed by atoms with Crippen molar-refractivity contribution in [1.82, 2.24) is 20.2 Å². The van der Waals surface area contributed by atoms with E-state index in [-0.39, 0.29) is 11.8 Å². The lowest BCUT2D eigenvalue weighted by molar-refractivity contribution is -0.125. The van der Waals surface area contributed by atoms with Gasteiger partial charge in [0, 0.05) is 32.0 Å². The second-order valence-corrected chi connectivity index (χ2v) is 4.13. The van der Waals surface area contributed by atoms with Crippen molar-refractivity contribution in [2.45, 2.75) is 19.4 Å². The van der Waals surface area contributed by atoms with Gasteiger partial charge in [0.15, 0.2) is 0 Å². The molecule has 0 aromatic carbocycles. The number of aromatic nitrogens is 2. The second-order valence-electron chi connectivity index (χ2n) is 4.13. The second kappa shape index (κ2) is 5.65. The zero-order valence-corrected chi connectivity index (χ0v) is 9.35. The summed E-state index contributed by atoms with van der Waals surface area (Å²) in [6.45, 7) is 3.31. The molecular weight excluding hydrogens is 204 g/mol. The third-order valence-corrected chi connectivity index (χ3v) is 2.90. The van der Waals surface area contributed by atoms with Gasteiger partial charge < -0.3 is 15.2 Å². The first kappa shape index (κ1) is 11.1. The molecule has 5 heteroatoms. The van der Waals surface area contributed by atoms with Crippen LogP contribution >= 0.6 is 0 Å². The van der Waals surface area contributed by atoms with Gasteiger partial charge in [0.05, 0.1) is 12.2 Å². The van der Waals surface area contributed by atoms with Crippen molar-refractivity contribution in [2.75, 3.05) is 19.6 Å². The Morgan fingerprint density at radius 3 is 3.25 bits per heavy atom. The monoisotopic (exact) mass is 222 g/mol. The molecule has 1 aliphatic rings. The van der Waals surface area contributed by atoms with Gasteiger partial charge in [-0.3, -0.25) is 4.79 Å². The fourth-order valence-corrected chi connectivity index (χ4v) is 1.95. The quantitative estimate of drug-likeness (QED) is 0.754. The Bertz CT molecular complexity index is 317. The van der Waals surface area contributed by atoms with E-state index in [0.29, 0.717) is 6.54 Å². The van der Waals surface area contributed by atoms with Gasteiger partial charge in [-0.2, -0.15) is 0 Å². The van der Waals surface area contributed by atoms with Crippen LogP contribution in [0.1, 0.15) is 12.8 Å². The summed E-state index contributed by atoms with van der Waals surface area (Å²) in [7, 11) is 0. The Kier molecular flexibility index (Phi) is 3.93. The van der Waals surface area contributed by atoms with E-state index >= 15 is 0 Å². The molecule has 1 fully saturated rings. The molecule has 1 aromatic rings. The Balaban J connectivity index is 1.67. The number of imidazole rings is 1. The number of hydrogen-bond donors (Lipinski definition) is 2. The number of carbonyl (C=O) groups excluding carboxylic acids is 1. The van der Waals surface area contributed by atoms with Crippen molar-refractivity contribution in [3.8, 4) is 0 Å². The van der Waals surface area contributed by atoms with Gasteiger partial charge in [-0.05, 0) is 19.4 Å². The molecule has 88 valence electrons. The summed E-state index contributed by atoms with van der Waals surface area (Å²) in [4.78, 5) is 15.7. The number of rotatable bonds is 4. The molecule has 2 rings (SSSR count). The first-order chi connectivity index (χ1) is 7.86. The van der Waals surface area contributed by atoms with E-state index in [1.807, 2.05) is 10.8 Å². The van der Waals surface area contributed by atoms with Crippen molar-refractivity contribution in [3.05, 3.63) is 18.7 Å². The molecule has 2 heterocycles.